The molecule has 1 N–H and O–H groups in total. The van der Waals surface area contributed by atoms with Gasteiger partial charge in [0.05, 0.1) is 11.4 Å². The molecule has 3 rings (SSSR count). The third-order valence-electron chi connectivity index (χ3n) is 5.47. The summed E-state index contributed by atoms with van der Waals surface area (Å²) in [6, 6.07) is 5.18. The number of nitrogens with zero attached hydrogens (tertiary/aromatic N) is 2. The SMILES string of the molecule is Cc1ccc(NC(=O)CN2CCCCC2)cc1S(=O)(=O)N1CCCCCC1. The van der Waals surface area contributed by atoms with Gasteiger partial charge in [0.15, 0.2) is 0 Å². The lowest BCUT2D eigenvalue weighted by Crippen LogP contribution is -2.37. The van der Waals surface area contributed by atoms with E-state index in [1.807, 2.05) is 6.92 Å². The highest BCUT2D eigenvalue weighted by Gasteiger charge is 2.27. The molecule has 0 saturated carbocycles. The van der Waals surface area contributed by atoms with Gasteiger partial charge >= 0.3 is 0 Å². The van der Waals surface area contributed by atoms with E-state index in [9.17, 15) is 13.2 Å². The van der Waals surface area contributed by atoms with Crippen molar-refractivity contribution in [1.82, 2.24) is 9.21 Å². The fourth-order valence-corrected chi connectivity index (χ4v) is 5.67. The number of aryl methyl sites for hydroxylation is 1. The molecule has 0 spiro atoms. The Kier molecular flexibility index (Phi) is 6.89. The van der Waals surface area contributed by atoms with Gasteiger partial charge in [-0.3, -0.25) is 9.69 Å². The smallest absolute Gasteiger partial charge is 0.243 e. The zero-order valence-electron chi connectivity index (χ0n) is 16.2. The van der Waals surface area contributed by atoms with Crippen molar-refractivity contribution < 1.29 is 13.2 Å². The highest BCUT2D eigenvalue weighted by molar-refractivity contribution is 7.89. The molecule has 2 aliphatic heterocycles. The standard InChI is InChI=1S/C20H31N3O3S/c1-17-9-10-18(21-20(24)16-22-11-5-4-6-12-22)15-19(17)27(25,26)23-13-7-2-3-8-14-23/h9-10,15H,2-8,11-14,16H2,1H3,(H,21,24). The molecule has 1 aromatic carbocycles. The molecule has 150 valence electrons. The van der Waals surface area contributed by atoms with E-state index in [0.29, 0.717) is 35.8 Å². The summed E-state index contributed by atoms with van der Waals surface area (Å²) in [5, 5.41) is 2.88. The third-order valence-corrected chi connectivity index (χ3v) is 7.51. The van der Waals surface area contributed by atoms with E-state index in [-0.39, 0.29) is 5.91 Å². The number of hydrogen-bond donors (Lipinski definition) is 1. The van der Waals surface area contributed by atoms with E-state index >= 15 is 0 Å². The van der Waals surface area contributed by atoms with Gasteiger partial charge in [-0.15, -0.1) is 0 Å². The average Bonchev–Trinajstić information content (AvgIpc) is 2.94. The molecule has 6 nitrogen and oxygen atoms in total. The Hall–Kier alpha value is -1.44. The van der Waals surface area contributed by atoms with Gasteiger partial charge in [-0.05, 0) is 63.4 Å². The zero-order valence-corrected chi connectivity index (χ0v) is 17.1. The molecule has 1 amide bonds. The number of hydrogen-bond acceptors (Lipinski definition) is 4. The summed E-state index contributed by atoms with van der Waals surface area (Å²) in [4.78, 5) is 14.8. The number of nitrogens with one attached hydrogen (secondary N) is 1. The molecule has 2 aliphatic rings. The number of amides is 1. The van der Waals surface area contributed by atoms with Crippen molar-refractivity contribution in [1.29, 1.82) is 0 Å². The van der Waals surface area contributed by atoms with Gasteiger partial charge < -0.3 is 5.32 Å². The summed E-state index contributed by atoms with van der Waals surface area (Å²) in [5.74, 6) is -0.0844. The van der Waals surface area contributed by atoms with E-state index < -0.39 is 10.0 Å². The van der Waals surface area contributed by atoms with Crippen LogP contribution in [0.15, 0.2) is 23.1 Å². The van der Waals surface area contributed by atoms with Gasteiger partial charge in [-0.2, -0.15) is 4.31 Å². The second-order valence-corrected chi connectivity index (χ2v) is 9.59. The monoisotopic (exact) mass is 393 g/mol. The summed E-state index contributed by atoms with van der Waals surface area (Å²) < 4.78 is 27.8. The molecule has 0 bridgehead atoms. The largest absolute Gasteiger partial charge is 0.325 e. The zero-order chi connectivity index (χ0) is 19.3. The van der Waals surface area contributed by atoms with Gasteiger partial charge in [0.1, 0.15) is 0 Å². The molecule has 2 heterocycles. The number of likely N-dealkylation sites (tertiary alicyclic amines) is 1. The van der Waals surface area contributed by atoms with Crippen LogP contribution in [0.25, 0.3) is 0 Å². The van der Waals surface area contributed by atoms with Crippen LogP contribution in [0.3, 0.4) is 0 Å². The fraction of sp³-hybridized carbons (Fsp3) is 0.650. The maximum atomic E-state index is 13.1. The van der Waals surface area contributed by atoms with Crippen molar-refractivity contribution in [3.63, 3.8) is 0 Å². The quantitative estimate of drug-likeness (QED) is 0.835. The van der Waals surface area contributed by atoms with E-state index in [0.717, 1.165) is 51.6 Å². The minimum atomic E-state index is -3.53. The Bertz CT molecular complexity index is 750. The summed E-state index contributed by atoms with van der Waals surface area (Å²) in [7, 11) is -3.53. The Balaban J connectivity index is 1.72. The molecule has 0 unspecified atom stereocenters. The number of rotatable bonds is 5. The second-order valence-electron chi connectivity index (χ2n) is 7.68. The van der Waals surface area contributed by atoms with Crippen LogP contribution >= 0.6 is 0 Å². The Morgan fingerprint density at radius 2 is 1.56 bits per heavy atom. The predicted molar refractivity (Wildman–Crippen MR) is 107 cm³/mol. The van der Waals surface area contributed by atoms with E-state index in [1.54, 1.807) is 22.5 Å². The summed E-state index contributed by atoms with van der Waals surface area (Å²) in [6.45, 7) is 5.23. The molecule has 2 fully saturated rings. The first-order valence-corrected chi connectivity index (χ1v) is 11.5. The van der Waals surface area contributed by atoms with Crippen LogP contribution in [0, 0.1) is 6.92 Å². The van der Waals surface area contributed by atoms with E-state index in [2.05, 4.69) is 10.2 Å². The number of carbonyl (C=O) groups is 1. The van der Waals surface area contributed by atoms with E-state index in [4.69, 9.17) is 0 Å². The third kappa shape index (κ3) is 5.30. The molecule has 0 aliphatic carbocycles. The van der Waals surface area contributed by atoms with Crippen molar-refractivity contribution >= 4 is 21.6 Å². The van der Waals surface area contributed by atoms with Crippen LogP contribution < -0.4 is 5.32 Å². The van der Waals surface area contributed by atoms with Crippen molar-refractivity contribution in [3.8, 4) is 0 Å². The van der Waals surface area contributed by atoms with Crippen LogP contribution in [0.5, 0.6) is 0 Å². The van der Waals surface area contributed by atoms with Crippen molar-refractivity contribution in [3.05, 3.63) is 23.8 Å². The Morgan fingerprint density at radius 3 is 2.22 bits per heavy atom. The molecule has 0 atom stereocenters. The summed E-state index contributed by atoms with van der Waals surface area (Å²) >= 11 is 0. The molecule has 7 heteroatoms. The molecule has 0 radical (unpaired) electrons. The highest BCUT2D eigenvalue weighted by atomic mass is 32.2. The minimum absolute atomic E-state index is 0.0844. The van der Waals surface area contributed by atoms with Gasteiger partial charge in [0, 0.05) is 18.8 Å². The maximum absolute atomic E-state index is 13.1. The van der Waals surface area contributed by atoms with Gasteiger partial charge in [0.2, 0.25) is 15.9 Å². The Morgan fingerprint density at radius 1 is 0.963 bits per heavy atom. The molecule has 2 saturated heterocycles. The predicted octanol–water partition coefficient (Wildman–Crippen LogP) is 2.98. The first kappa shape index (κ1) is 20.3. The summed E-state index contributed by atoms with van der Waals surface area (Å²) in [5.41, 5.74) is 1.27. The molecular weight excluding hydrogens is 362 g/mol. The maximum Gasteiger partial charge on any atom is 0.243 e. The molecule has 27 heavy (non-hydrogen) atoms. The normalized spacial score (nSPS) is 20.2. The van der Waals surface area contributed by atoms with Crippen LogP contribution in [0.1, 0.15) is 50.5 Å². The number of anilines is 1. The van der Waals surface area contributed by atoms with E-state index in [1.165, 1.54) is 6.42 Å². The van der Waals surface area contributed by atoms with Crippen LogP contribution in [-0.2, 0) is 14.8 Å². The molecule has 1 aromatic rings. The number of carbonyl (C=O) groups excluding carboxylic acids is 1. The molecule has 0 aromatic heterocycles. The first-order chi connectivity index (χ1) is 13.0. The number of piperidine rings is 1. The van der Waals surface area contributed by atoms with Crippen LogP contribution in [-0.4, -0.2) is 56.3 Å². The number of sulfonamides is 1. The lowest BCUT2D eigenvalue weighted by Gasteiger charge is -2.25. The topological polar surface area (TPSA) is 69.7 Å². The second kappa shape index (κ2) is 9.17. The van der Waals surface area contributed by atoms with Crippen molar-refractivity contribution in [2.24, 2.45) is 0 Å². The lowest BCUT2D eigenvalue weighted by molar-refractivity contribution is -0.117. The summed E-state index contributed by atoms with van der Waals surface area (Å²) in [6.07, 6.45) is 7.48. The lowest BCUT2D eigenvalue weighted by atomic mass is 10.1. The average molecular weight is 394 g/mol. The van der Waals surface area contributed by atoms with Crippen molar-refractivity contribution in [2.45, 2.75) is 56.8 Å². The van der Waals surface area contributed by atoms with Crippen LogP contribution in [0.2, 0.25) is 0 Å². The van der Waals surface area contributed by atoms with Gasteiger partial charge in [0.25, 0.3) is 0 Å². The minimum Gasteiger partial charge on any atom is -0.325 e. The number of benzene rings is 1. The fourth-order valence-electron chi connectivity index (χ4n) is 3.90. The Labute approximate surface area is 163 Å². The molecular formula is C20H31N3O3S. The first-order valence-electron chi connectivity index (χ1n) is 10.1. The van der Waals surface area contributed by atoms with Crippen molar-refractivity contribution in [2.75, 3.05) is 38.0 Å². The highest BCUT2D eigenvalue weighted by Crippen LogP contribution is 2.26. The van der Waals surface area contributed by atoms with Gasteiger partial charge in [-0.1, -0.05) is 25.3 Å². The van der Waals surface area contributed by atoms with Gasteiger partial charge in [-0.25, -0.2) is 8.42 Å². The van der Waals surface area contributed by atoms with Crippen LogP contribution in [0.4, 0.5) is 5.69 Å².